The van der Waals surface area contributed by atoms with Gasteiger partial charge in [-0.05, 0) is 37.1 Å². The smallest absolute Gasteiger partial charge is 0.184 e. The third-order valence-corrected chi connectivity index (χ3v) is 4.10. The summed E-state index contributed by atoms with van der Waals surface area (Å²) in [7, 11) is 0. The summed E-state index contributed by atoms with van der Waals surface area (Å²) in [6.07, 6.45) is 0. The second-order valence-electron chi connectivity index (χ2n) is 4.80. The van der Waals surface area contributed by atoms with E-state index in [9.17, 15) is 10.1 Å². The fraction of sp³-hybridized carbons (Fsp3) is 0.176. The van der Waals surface area contributed by atoms with Gasteiger partial charge in [-0.2, -0.15) is 5.26 Å². The van der Waals surface area contributed by atoms with E-state index in [4.69, 9.17) is 0 Å². The van der Waals surface area contributed by atoms with Crippen LogP contribution >= 0.6 is 15.9 Å². The second-order valence-corrected chi connectivity index (χ2v) is 5.66. The summed E-state index contributed by atoms with van der Waals surface area (Å²) in [6.45, 7) is 3.88. The minimum atomic E-state index is -0.754. The van der Waals surface area contributed by atoms with Gasteiger partial charge < -0.3 is 0 Å². The highest BCUT2D eigenvalue weighted by atomic mass is 79.9. The summed E-state index contributed by atoms with van der Waals surface area (Å²) >= 11 is 3.41. The van der Waals surface area contributed by atoms with Gasteiger partial charge in [0.05, 0.1) is 6.07 Å². The molecule has 2 aromatic carbocycles. The molecule has 0 spiro atoms. The fourth-order valence-electron chi connectivity index (χ4n) is 2.10. The normalized spacial score (nSPS) is 11.7. The maximum Gasteiger partial charge on any atom is 0.184 e. The molecule has 0 amide bonds. The highest BCUT2D eigenvalue weighted by molar-refractivity contribution is 9.10. The van der Waals surface area contributed by atoms with Gasteiger partial charge in [0.15, 0.2) is 5.78 Å². The molecule has 0 aliphatic heterocycles. The van der Waals surface area contributed by atoms with E-state index in [-0.39, 0.29) is 5.78 Å². The van der Waals surface area contributed by atoms with Gasteiger partial charge in [0.2, 0.25) is 0 Å². The number of rotatable bonds is 3. The molecule has 0 aliphatic rings. The lowest BCUT2D eigenvalue weighted by atomic mass is 9.90. The number of hydrogen-bond donors (Lipinski definition) is 0. The Kier molecular flexibility index (Phi) is 4.36. The third-order valence-electron chi connectivity index (χ3n) is 3.21. The van der Waals surface area contributed by atoms with Crippen LogP contribution in [0.1, 0.15) is 33.0 Å². The molecule has 0 N–H and O–H groups in total. The molecule has 2 aromatic rings. The van der Waals surface area contributed by atoms with E-state index in [0.717, 1.165) is 21.2 Å². The van der Waals surface area contributed by atoms with Crippen molar-refractivity contribution in [2.24, 2.45) is 0 Å². The Morgan fingerprint density at radius 2 is 1.95 bits per heavy atom. The van der Waals surface area contributed by atoms with Crippen molar-refractivity contribution in [3.63, 3.8) is 0 Å². The lowest BCUT2D eigenvalue weighted by Gasteiger charge is -2.10. The quantitative estimate of drug-likeness (QED) is 0.775. The number of aryl methyl sites for hydroxylation is 2. The monoisotopic (exact) mass is 327 g/mol. The van der Waals surface area contributed by atoms with Crippen LogP contribution < -0.4 is 0 Å². The average Bonchev–Trinajstić information content (AvgIpc) is 2.42. The number of ketones is 1. The fourth-order valence-corrected chi connectivity index (χ4v) is 2.35. The zero-order valence-corrected chi connectivity index (χ0v) is 12.9. The van der Waals surface area contributed by atoms with Gasteiger partial charge in [-0.25, -0.2) is 0 Å². The average molecular weight is 328 g/mol. The molecule has 2 nitrogen and oxygen atoms in total. The Labute approximate surface area is 127 Å². The summed E-state index contributed by atoms with van der Waals surface area (Å²) in [5.41, 5.74) is 3.34. The number of hydrogen-bond acceptors (Lipinski definition) is 2. The second kappa shape index (κ2) is 6.02. The van der Waals surface area contributed by atoms with Crippen molar-refractivity contribution >= 4 is 21.7 Å². The molecule has 0 saturated carbocycles. The summed E-state index contributed by atoms with van der Waals surface area (Å²) in [5, 5.41) is 9.35. The number of Topliss-reactive ketones (excluding diaryl/α,β-unsaturated/α-hetero) is 1. The Bertz CT molecular complexity index is 700. The molecule has 0 aliphatic carbocycles. The van der Waals surface area contributed by atoms with E-state index in [1.165, 1.54) is 0 Å². The Morgan fingerprint density at radius 3 is 2.55 bits per heavy atom. The molecule has 20 heavy (non-hydrogen) atoms. The van der Waals surface area contributed by atoms with Gasteiger partial charge in [-0.3, -0.25) is 4.79 Å². The van der Waals surface area contributed by atoms with E-state index < -0.39 is 5.92 Å². The van der Waals surface area contributed by atoms with Crippen LogP contribution in [0.25, 0.3) is 0 Å². The molecule has 0 bridgehead atoms. The molecular formula is C17H14BrNO. The predicted octanol–water partition coefficient (Wildman–Crippen LogP) is 4.56. The van der Waals surface area contributed by atoms with Crippen LogP contribution in [0, 0.1) is 25.2 Å². The molecule has 100 valence electrons. The summed E-state index contributed by atoms with van der Waals surface area (Å²) < 4.78 is 0.957. The summed E-state index contributed by atoms with van der Waals surface area (Å²) in [6, 6.07) is 15.0. The minimum Gasteiger partial charge on any atom is -0.292 e. The van der Waals surface area contributed by atoms with Crippen molar-refractivity contribution in [3.8, 4) is 6.07 Å². The largest absolute Gasteiger partial charge is 0.292 e. The first-order valence-corrected chi connectivity index (χ1v) is 7.09. The molecule has 1 atom stereocenters. The molecule has 0 aromatic heterocycles. The van der Waals surface area contributed by atoms with Gasteiger partial charge in [0.1, 0.15) is 5.92 Å². The standard InChI is InChI=1S/C17H14BrNO/c1-11-4-3-5-13(8-11)15(10-19)17(20)14-6-7-16(18)12(2)9-14/h3-9,15H,1-2H3. The zero-order valence-electron chi connectivity index (χ0n) is 11.4. The first-order chi connectivity index (χ1) is 9.52. The Morgan fingerprint density at radius 1 is 1.20 bits per heavy atom. The van der Waals surface area contributed by atoms with E-state index in [0.29, 0.717) is 5.56 Å². The molecule has 0 radical (unpaired) electrons. The lowest BCUT2D eigenvalue weighted by Crippen LogP contribution is -2.11. The number of nitrogens with zero attached hydrogens (tertiary/aromatic N) is 1. The van der Waals surface area contributed by atoms with Crippen molar-refractivity contribution < 1.29 is 4.79 Å². The summed E-state index contributed by atoms with van der Waals surface area (Å²) in [5.74, 6) is -0.913. The first-order valence-electron chi connectivity index (χ1n) is 6.29. The number of carbonyl (C=O) groups is 1. The SMILES string of the molecule is Cc1cccc(C(C#N)C(=O)c2ccc(Br)c(C)c2)c1. The van der Waals surface area contributed by atoms with Gasteiger partial charge >= 0.3 is 0 Å². The molecule has 0 saturated heterocycles. The topological polar surface area (TPSA) is 40.9 Å². The predicted molar refractivity (Wildman–Crippen MR) is 82.7 cm³/mol. The van der Waals surface area contributed by atoms with Gasteiger partial charge in [0.25, 0.3) is 0 Å². The van der Waals surface area contributed by atoms with Crippen LogP contribution in [0.4, 0.5) is 0 Å². The van der Waals surface area contributed by atoms with Crippen molar-refractivity contribution in [3.05, 3.63) is 69.2 Å². The molecule has 2 rings (SSSR count). The molecule has 0 heterocycles. The Balaban J connectivity index is 2.39. The lowest BCUT2D eigenvalue weighted by molar-refractivity contribution is 0.0979. The third kappa shape index (κ3) is 2.97. The highest BCUT2D eigenvalue weighted by Gasteiger charge is 2.22. The molecule has 0 fully saturated rings. The molecule has 3 heteroatoms. The number of halogens is 1. The van der Waals surface area contributed by atoms with Crippen LogP contribution in [-0.4, -0.2) is 5.78 Å². The first kappa shape index (κ1) is 14.5. The number of carbonyl (C=O) groups excluding carboxylic acids is 1. The van der Waals surface area contributed by atoms with Crippen LogP contribution in [0.5, 0.6) is 0 Å². The highest BCUT2D eigenvalue weighted by Crippen LogP contribution is 2.24. The van der Waals surface area contributed by atoms with E-state index in [2.05, 4.69) is 22.0 Å². The van der Waals surface area contributed by atoms with Gasteiger partial charge in [-0.1, -0.05) is 51.8 Å². The van der Waals surface area contributed by atoms with E-state index in [1.807, 2.05) is 50.2 Å². The van der Waals surface area contributed by atoms with Crippen LogP contribution in [0.3, 0.4) is 0 Å². The van der Waals surface area contributed by atoms with Crippen molar-refractivity contribution in [2.75, 3.05) is 0 Å². The van der Waals surface area contributed by atoms with Gasteiger partial charge in [0, 0.05) is 10.0 Å². The van der Waals surface area contributed by atoms with Crippen LogP contribution in [0.2, 0.25) is 0 Å². The molecule has 1 unspecified atom stereocenters. The Hall–Kier alpha value is -1.92. The van der Waals surface area contributed by atoms with Crippen molar-refractivity contribution in [1.29, 1.82) is 5.26 Å². The van der Waals surface area contributed by atoms with E-state index >= 15 is 0 Å². The van der Waals surface area contributed by atoms with Crippen LogP contribution in [0.15, 0.2) is 46.9 Å². The maximum absolute atomic E-state index is 12.5. The van der Waals surface area contributed by atoms with Crippen molar-refractivity contribution in [1.82, 2.24) is 0 Å². The van der Waals surface area contributed by atoms with E-state index in [1.54, 1.807) is 6.07 Å². The summed E-state index contributed by atoms with van der Waals surface area (Å²) in [4.78, 5) is 12.5. The van der Waals surface area contributed by atoms with Crippen molar-refractivity contribution in [2.45, 2.75) is 19.8 Å². The number of nitriles is 1. The van der Waals surface area contributed by atoms with Crippen LogP contribution in [-0.2, 0) is 0 Å². The van der Waals surface area contributed by atoms with Gasteiger partial charge in [-0.15, -0.1) is 0 Å². The maximum atomic E-state index is 12.5. The zero-order chi connectivity index (χ0) is 14.7. The number of benzene rings is 2. The minimum absolute atomic E-state index is 0.159. The molecular weight excluding hydrogens is 314 g/mol.